The van der Waals surface area contributed by atoms with Crippen LogP contribution in [-0.2, 0) is 0 Å². The summed E-state index contributed by atoms with van der Waals surface area (Å²) in [6, 6.07) is 0. The highest BCUT2D eigenvalue weighted by Crippen LogP contribution is 2.19. The van der Waals surface area contributed by atoms with Gasteiger partial charge in [-0.05, 0) is 0 Å². The number of nitrogens with zero attached hydrogens (tertiary/aromatic N) is 3. The zero-order chi connectivity index (χ0) is 8.55. The van der Waals surface area contributed by atoms with Gasteiger partial charge in [-0.1, -0.05) is 0 Å². The molecule has 0 radical (unpaired) electrons. The van der Waals surface area contributed by atoms with E-state index in [0.717, 1.165) is 5.13 Å². The van der Waals surface area contributed by atoms with Gasteiger partial charge in [0.15, 0.2) is 5.13 Å². The lowest BCUT2D eigenvalue weighted by Gasteiger charge is -2.00. The summed E-state index contributed by atoms with van der Waals surface area (Å²) in [4.78, 5) is 7.92. The molecule has 0 aliphatic carbocycles. The minimum absolute atomic E-state index is 0.363. The average Bonchev–Trinajstić information content (AvgIpc) is 2.61. The van der Waals surface area contributed by atoms with Crippen molar-refractivity contribution in [2.24, 2.45) is 0 Å². The first-order valence-corrected chi connectivity index (χ1v) is 4.15. The summed E-state index contributed by atoms with van der Waals surface area (Å²) >= 11 is 1.46. The minimum atomic E-state index is 0.363. The summed E-state index contributed by atoms with van der Waals surface area (Å²) in [6.45, 7) is 0. The van der Waals surface area contributed by atoms with E-state index in [1.54, 1.807) is 10.8 Å². The lowest BCUT2D eigenvalue weighted by Crippen LogP contribution is -2.03. The van der Waals surface area contributed by atoms with Gasteiger partial charge in [0.1, 0.15) is 5.82 Å². The number of nitrogens with two attached hydrogens (primary N) is 2. The van der Waals surface area contributed by atoms with Crippen LogP contribution in [0, 0.1) is 0 Å². The maximum atomic E-state index is 5.62. The Labute approximate surface area is 72.7 Å². The summed E-state index contributed by atoms with van der Waals surface area (Å²) < 4.78 is 1.60. The van der Waals surface area contributed by atoms with Crippen molar-refractivity contribution in [2.75, 3.05) is 11.5 Å². The van der Waals surface area contributed by atoms with Gasteiger partial charge in [0.05, 0.1) is 6.20 Å². The first-order chi connectivity index (χ1) is 5.79. The molecule has 0 bridgehead atoms. The fraction of sp³-hybridized carbons (Fsp3) is 0. The number of imidazole rings is 1. The van der Waals surface area contributed by atoms with Crippen LogP contribution in [0.25, 0.3) is 5.13 Å². The fourth-order valence-electron chi connectivity index (χ4n) is 0.915. The van der Waals surface area contributed by atoms with Gasteiger partial charge >= 0.3 is 0 Å². The predicted molar refractivity (Wildman–Crippen MR) is 48.1 cm³/mol. The quantitative estimate of drug-likeness (QED) is 0.670. The molecule has 0 unspecified atom stereocenters. The molecule has 0 spiro atoms. The minimum Gasteiger partial charge on any atom is -0.383 e. The van der Waals surface area contributed by atoms with Crippen LogP contribution >= 0.6 is 11.3 Å². The summed E-state index contributed by atoms with van der Waals surface area (Å²) in [5, 5.41) is 2.59. The molecule has 0 saturated heterocycles. The Kier molecular flexibility index (Phi) is 1.47. The van der Waals surface area contributed by atoms with E-state index >= 15 is 0 Å². The molecule has 2 heterocycles. The van der Waals surface area contributed by atoms with Crippen molar-refractivity contribution in [1.82, 2.24) is 14.5 Å². The van der Waals surface area contributed by atoms with Crippen molar-refractivity contribution in [1.29, 1.82) is 0 Å². The van der Waals surface area contributed by atoms with Gasteiger partial charge < -0.3 is 11.5 Å². The van der Waals surface area contributed by atoms with Gasteiger partial charge in [-0.3, -0.25) is 0 Å². The summed E-state index contributed by atoms with van der Waals surface area (Å²) in [5.74, 6) is 0.866. The largest absolute Gasteiger partial charge is 0.383 e. The maximum Gasteiger partial charge on any atom is 0.208 e. The lowest BCUT2D eigenvalue weighted by molar-refractivity contribution is 1.06. The van der Waals surface area contributed by atoms with Gasteiger partial charge in [-0.2, -0.15) is 0 Å². The SMILES string of the molecule is Nc1cnc(N)n1-c1nccs1. The molecule has 0 fully saturated rings. The van der Waals surface area contributed by atoms with Crippen LogP contribution in [0.15, 0.2) is 17.8 Å². The smallest absolute Gasteiger partial charge is 0.208 e. The van der Waals surface area contributed by atoms with Crippen molar-refractivity contribution < 1.29 is 0 Å². The Morgan fingerprint density at radius 3 is 2.67 bits per heavy atom. The van der Waals surface area contributed by atoms with E-state index in [1.807, 2.05) is 5.38 Å². The normalized spacial score (nSPS) is 10.3. The van der Waals surface area contributed by atoms with Crippen molar-refractivity contribution in [3.05, 3.63) is 17.8 Å². The molecular weight excluding hydrogens is 174 g/mol. The fourth-order valence-corrected chi connectivity index (χ4v) is 1.58. The standard InChI is InChI=1S/C6H7N5S/c7-4-3-10-5(8)11(4)6-9-1-2-12-6/h1-3H,7H2,(H2,8,10). The molecular formula is C6H7N5S. The zero-order valence-electron chi connectivity index (χ0n) is 6.14. The Morgan fingerprint density at radius 2 is 2.17 bits per heavy atom. The molecule has 2 rings (SSSR count). The number of hydrogen-bond donors (Lipinski definition) is 2. The van der Waals surface area contributed by atoms with Gasteiger partial charge in [0, 0.05) is 11.6 Å². The molecule has 0 aromatic carbocycles. The first-order valence-electron chi connectivity index (χ1n) is 3.27. The molecule has 62 valence electrons. The highest BCUT2D eigenvalue weighted by Gasteiger charge is 2.07. The van der Waals surface area contributed by atoms with E-state index in [0.29, 0.717) is 11.8 Å². The molecule has 4 N–H and O–H groups in total. The summed E-state index contributed by atoms with van der Waals surface area (Å²) in [6.07, 6.45) is 3.20. The maximum absolute atomic E-state index is 5.62. The van der Waals surface area contributed by atoms with Gasteiger partial charge in [-0.25, -0.2) is 14.5 Å². The van der Waals surface area contributed by atoms with Crippen LogP contribution in [-0.4, -0.2) is 14.5 Å². The number of hydrogen-bond acceptors (Lipinski definition) is 5. The first kappa shape index (κ1) is 7.11. The Hall–Kier alpha value is -1.56. The molecule has 2 aromatic heterocycles. The topological polar surface area (TPSA) is 82.7 Å². The number of thiazole rings is 1. The summed E-state index contributed by atoms with van der Waals surface area (Å²) in [7, 11) is 0. The molecule has 12 heavy (non-hydrogen) atoms. The molecule has 0 atom stereocenters. The Bertz CT molecular complexity index is 357. The van der Waals surface area contributed by atoms with Crippen LogP contribution in [0.3, 0.4) is 0 Å². The van der Waals surface area contributed by atoms with Crippen LogP contribution in [0.5, 0.6) is 0 Å². The number of anilines is 2. The average molecular weight is 181 g/mol. The van der Waals surface area contributed by atoms with Crippen LogP contribution in [0.2, 0.25) is 0 Å². The molecule has 0 saturated carbocycles. The highest BCUT2D eigenvalue weighted by molar-refractivity contribution is 7.12. The number of nitrogen functional groups attached to an aromatic ring is 2. The molecule has 0 amide bonds. The van der Waals surface area contributed by atoms with E-state index in [9.17, 15) is 0 Å². The molecule has 6 heteroatoms. The third-order valence-electron chi connectivity index (χ3n) is 1.43. The van der Waals surface area contributed by atoms with Gasteiger partial charge in [0.2, 0.25) is 5.95 Å². The predicted octanol–water partition coefficient (Wildman–Crippen LogP) is 0.493. The molecule has 2 aromatic rings. The summed E-state index contributed by atoms with van der Waals surface area (Å²) in [5.41, 5.74) is 11.2. The van der Waals surface area contributed by atoms with E-state index < -0.39 is 0 Å². The molecule has 5 nitrogen and oxygen atoms in total. The monoisotopic (exact) mass is 181 g/mol. The lowest BCUT2D eigenvalue weighted by atomic mass is 10.7. The van der Waals surface area contributed by atoms with Crippen molar-refractivity contribution in [2.45, 2.75) is 0 Å². The molecule has 0 aliphatic rings. The van der Waals surface area contributed by atoms with Crippen LogP contribution in [0.4, 0.5) is 11.8 Å². The number of rotatable bonds is 1. The van der Waals surface area contributed by atoms with Crippen LogP contribution in [0.1, 0.15) is 0 Å². The van der Waals surface area contributed by atoms with E-state index in [2.05, 4.69) is 9.97 Å². The van der Waals surface area contributed by atoms with Crippen LogP contribution < -0.4 is 11.5 Å². The third-order valence-corrected chi connectivity index (χ3v) is 2.18. The molecule has 0 aliphatic heterocycles. The Morgan fingerprint density at radius 1 is 1.33 bits per heavy atom. The van der Waals surface area contributed by atoms with E-state index in [1.165, 1.54) is 17.5 Å². The van der Waals surface area contributed by atoms with Crippen molar-refractivity contribution >= 4 is 23.1 Å². The second kappa shape index (κ2) is 2.49. The van der Waals surface area contributed by atoms with Gasteiger partial charge in [-0.15, -0.1) is 11.3 Å². The van der Waals surface area contributed by atoms with Crippen molar-refractivity contribution in [3.8, 4) is 5.13 Å². The third kappa shape index (κ3) is 0.928. The Balaban J connectivity index is 2.60. The van der Waals surface area contributed by atoms with Gasteiger partial charge in [0.25, 0.3) is 0 Å². The number of aromatic nitrogens is 3. The second-order valence-corrected chi connectivity index (χ2v) is 3.06. The van der Waals surface area contributed by atoms with Crippen molar-refractivity contribution in [3.63, 3.8) is 0 Å². The second-order valence-electron chi connectivity index (χ2n) is 2.19. The van der Waals surface area contributed by atoms with E-state index in [-0.39, 0.29) is 0 Å². The highest BCUT2D eigenvalue weighted by atomic mass is 32.1. The zero-order valence-corrected chi connectivity index (χ0v) is 6.95. The van der Waals surface area contributed by atoms with E-state index in [4.69, 9.17) is 11.5 Å².